The largest absolute Gasteiger partial charge is 0.481 e. The molecule has 1 aromatic heterocycles. The Balaban J connectivity index is 2.04. The number of hydrogen-bond acceptors (Lipinski definition) is 8. The van der Waals surface area contributed by atoms with Crippen LogP contribution in [0.3, 0.4) is 0 Å². The van der Waals surface area contributed by atoms with Gasteiger partial charge in [-0.3, -0.25) is 29.2 Å². The molecule has 0 radical (unpaired) electrons. The van der Waals surface area contributed by atoms with E-state index in [-0.39, 0.29) is 24.3 Å². The summed E-state index contributed by atoms with van der Waals surface area (Å²) in [5.74, 6) is -5.25. The maximum Gasteiger partial charge on any atom is 0.326 e. The molecular formula is C29H37N5O9. The first-order valence-electron chi connectivity index (χ1n) is 13.8. The second-order valence-electron chi connectivity index (χ2n) is 9.73. The number of pyridine rings is 1. The van der Waals surface area contributed by atoms with Crippen molar-refractivity contribution in [1.82, 2.24) is 26.0 Å². The first kappa shape index (κ1) is 34.4. The Morgan fingerprint density at radius 2 is 1.65 bits per heavy atom. The molecule has 2 aromatic rings. The molecule has 0 aliphatic carbocycles. The number of amides is 4. The van der Waals surface area contributed by atoms with Gasteiger partial charge in [0, 0.05) is 11.1 Å². The van der Waals surface area contributed by atoms with E-state index in [0.717, 1.165) is 19.3 Å². The minimum Gasteiger partial charge on any atom is -0.481 e. The molecule has 0 unspecified atom stereocenters. The van der Waals surface area contributed by atoms with Gasteiger partial charge in [-0.1, -0.05) is 51.3 Å². The van der Waals surface area contributed by atoms with Crippen LogP contribution in [0.15, 0.2) is 42.5 Å². The van der Waals surface area contributed by atoms with Crippen molar-refractivity contribution in [3.63, 3.8) is 0 Å². The minimum atomic E-state index is -1.59. The molecule has 4 amide bonds. The van der Waals surface area contributed by atoms with Crippen LogP contribution in [0.25, 0.3) is 11.3 Å². The summed E-state index contributed by atoms with van der Waals surface area (Å²) in [6, 6.07) is 8.32. The Hall–Kier alpha value is -4.85. The number of aliphatic carboxylic acids is 2. The van der Waals surface area contributed by atoms with Gasteiger partial charge in [0.25, 0.3) is 11.8 Å². The Kier molecular flexibility index (Phi) is 13.7. The molecule has 0 fully saturated rings. The van der Waals surface area contributed by atoms with Crippen molar-refractivity contribution < 1.29 is 44.2 Å². The summed E-state index contributed by atoms with van der Waals surface area (Å²) in [6.45, 7) is 3.57. The molecule has 1 aromatic carbocycles. The molecule has 0 aliphatic heterocycles. The van der Waals surface area contributed by atoms with Gasteiger partial charge in [0.05, 0.1) is 30.7 Å². The fourth-order valence-electron chi connectivity index (χ4n) is 4.41. The number of nitrogens with zero attached hydrogens (tertiary/aromatic N) is 2. The molecule has 43 heavy (non-hydrogen) atoms. The van der Waals surface area contributed by atoms with Crippen molar-refractivity contribution >= 4 is 36.1 Å². The van der Waals surface area contributed by atoms with E-state index in [9.17, 15) is 34.0 Å². The van der Waals surface area contributed by atoms with Crippen LogP contribution in [-0.2, 0) is 19.2 Å². The Morgan fingerprint density at radius 3 is 2.23 bits per heavy atom. The van der Waals surface area contributed by atoms with E-state index >= 15 is 0 Å². The Morgan fingerprint density at radius 1 is 0.953 bits per heavy atom. The van der Waals surface area contributed by atoms with Crippen LogP contribution >= 0.6 is 0 Å². The van der Waals surface area contributed by atoms with Crippen molar-refractivity contribution in [2.75, 3.05) is 6.67 Å². The monoisotopic (exact) mass is 599 g/mol. The fourth-order valence-corrected chi connectivity index (χ4v) is 4.41. The van der Waals surface area contributed by atoms with Crippen LogP contribution in [0, 0.1) is 5.92 Å². The number of unbranched alkanes of at least 4 members (excludes halogenated alkanes) is 2. The van der Waals surface area contributed by atoms with Crippen LogP contribution in [0.2, 0.25) is 0 Å². The SMILES string of the molecule is CCCCC[C@@H](C(=O)NCNC(=O)c1cccc(-c2ccc(C(=O)N[C@H](CC(=O)O)C(=O)O)cc2)n1)[C@@H](CC)N(O)C=O. The number of hydrogen-bond donors (Lipinski definition) is 6. The first-order valence-corrected chi connectivity index (χ1v) is 13.8. The van der Waals surface area contributed by atoms with E-state index in [1.165, 1.54) is 18.2 Å². The van der Waals surface area contributed by atoms with E-state index in [2.05, 4.69) is 20.9 Å². The van der Waals surface area contributed by atoms with Gasteiger partial charge in [0.1, 0.15) is 11.7 Å². The predicted octanol–water partition coefficient (Wildman–Crippen LogP) is 2.03. The minimum absolute atomic E-state index is 0.0555. The summed E-state index contributed by atoms with van der Waals surface area (Å²) in [7, 11) is 0. The topological polar surface area (TPSA) is 215 Å². The lowest BCUT2D eigenvalue weighted by molar-refractivity contribution is -0.168. The number of carboxylic acid groups (broad SMARTS) is 2. The van der Waals surface area contributed by atoms with E-state index < -0.39 is 54.1 Å². The van der Waals surface area contributed by atoms with E-state index in [4.69, 9.17) is 10.2 Å². The zero-order chi connectivity index (χ0) is 31.9. The number of hydroxylamine groups is 2. The maximum absolute atomic E-state index is 12.9. The highest BCUT2D eigenvalue weighted by Crippen LogP contribution is 2.21. The van der Waals surface area contributed by atoms with Gasteiger partial charge in [0.15, 0.2) is 0 Å². The third kappa shape index (κ3) is 10.5. The van der Waals surface area contributed by atoms with Crippen LogP contribution in [0.1, 0.15) is 73.2 Å². The van der Waals surface area contributed by atoms with Crippen LogP contribution in [-0.4, -0.2) is 80.3 Å². The number of benzene rings is 1. The highest BCUT2D eigenvalue weighted by atomic mass is 16.5. The van der Waals surface area contributed by atoms with Gasteiger partial charge in [0.2, 0.25) is 12.3 Å². The molecule has 2 rings (SSSR count). The predicted molar refractivity (Wildman–Crippen MR) is 153 cm³/mol. The average molecular weight is 600 g/mol. The Bertz CT molecular complexity index is 1290. The summed E-state index contributed by atoms with van der Waals surface area (Å²) in [5, 5.41) is 35.8. The van der Waals surface area contributed by atoms with Crippen molar-refractivity contribution in [2.24, 2.45) is 5.92 Å². The van der Waals surface area contributed by atoms with Crippen molar-refractivity contribution in [2.45, 2.75) is 64.5 Å². The van der Waals surface area contributed by atoms with Crippen LogP contribution < -0.4 is 16.0 Å². The highest BCUT2D eigenvalue weighted by Gasteiger charge is 2.30. The summed E-state index contributed by atoms with van der Waals surface area (Å²) >= 11 is 0. The third-order valence-corrected chi connectivity index (χ3v) is 6.70. The van der Waals surface area contributed by atoms with Crippen LogP contribution in [0.4, 0.5) is 0 Å². The quantitative estimate of drug-likeness (QED) is 0.0482. The maximum atomic E-state index is 12.9. The molecule has 0 saturated heterocycles. The number of carbonyl (C=O) groups is 6. The van der Waals surface area contributed by atoms with E-state index in [1.54, 1.807) is 31.2 Å². The molecule has 14 nitrogen and oxygen atoms in total. The molecule has 0 bridgehead atoms. The summed E-state index contributed by atoms with van der Waals surface area (Å²) < 4.78 is 0. The molecule has 3 atom stereocenters. The zero-order valence-corrected chi connectivity index (χ0v) is 24.0. The molecular weight excluding hydrogens is 562 g/mol. The highest BCUT2D eigenvalue weighted by molar-refractivity contribution is 5.98. The summed E-state index contributed by atoms with van der Waals surface area (Å²) in [5.41, 5.74) is 1.10. The number of nitrogens with one attached hydrogen (secondary N) is 3. The number of aromatic nitrogens is 1. The average Bonchev–Trinajstić information content (AvgIpc) is 2.99. The van der Waals surface area contributed by atoms with Crippen molar-refractivity contribution in [3.05, 3.63) is 53.7 Å². The molecule has 0 spiro atoms. The number of rotatable bonds is 18. The zero-order valence-electron chi connectivity index (χ0n) is 24.0. The van der Waals surface area contributed by atoms with E-state index in [1.807, 2.05) is 6.92 Å². The fraction of sp³-hybridized carbons (Fsp3) is 0.414. The molecule has 14 heteroatoms. The van der Waals surface area contributed by atoms with Gasteiger partial charge in [-0.05, 0) is 37.1 Å². The molecule has 1 heterocycles. The Labute approximate surface area is 248 Å². The lowest BCUT2D eigenvalue weighted by Gasteiger charge is -2.29. The van der Waals surface area contributed by atoms with Gasteiger partial charge < -0.3 is 26.2 Å². The molecule has 232 valence electrons. The summed E-state index contributed by atoms with van der Waals surface area (Å²) in [4.78, 5) is 75.6. The second-order valence-corrected chi connectivity index (χ2v) is 9.73. The van der Waals surface area contributed by atoms with Crippen LogP contribution in [0.5, 0.6) is 0 Å². The van der Waals surface area contributed by atoms with E-state index in [0.29, 0.717) is 29.2 Å². The lowest BCUT2D eigenvalue weighted by Crippen LogP contribution is -2.47. The second kappa shape index (κ2) is 17.2. The molecule has 6 N–H and O–H groups in total. The van der Waals surface area contributed by atoms with Gasteiger partial charge in [-0.25, -0.2) is 14.8 Å². The van der Waals surface area contributed by atoms with Gasteiger partial charge >= 0.3 is 11.9 Å². The van der Waals surface area contributed by atoms with Gasteiger partial charge in [-0.2, -0.15) is 0 Å². The smallest absolute Gasteiger partial charge is 0.326 e. The van der Waals surface area contributed by atoms with Crippen molar-refractivity contribution in [3.8, 4) is 11.3 Å². The van der Waals surface area contributed by atoms with Gasteiger partial charge in [-0.15, -0.1) is 0 Å². The molecule has 0 aliphatic rings. The standard InChI is InChI=1S/C29H37N5O9/c1-3-5-6-8-20(24(4-2)34(43)17-35)27(39)30-16-31-28(40)22-10-7-9-21(32-22)18-11-13-19(14-12-18)26(38)33-23(29(41)42)15-25(36)37/h7,9-14,17,20,23-24,43H,3-6,8,15-16H2,1-2H3,(H,30,39)(H,31,40)(H,33,38)(H,36,37)(H,41,42)/t20-,23-,24-/m1/s1. The first-order chi connectivity index (χ1) is 20.5. The molecule has 0 saturated carbocycles. The number of carboxylic acids is 2. The van der Waals surface area contributed by atoms with Crippen molar-refractivity contribution in [1.29, 1.82) is 0 Å². The summed E-state index contributed by atoms with van der Waals surface area (Å²) in [6.07, 6.45) is 2.88. The normalized spacial score (nSPS) is 12.7. The number of carbonyl (C=O) groups excluding carboxylic acids is 4. The third-order valence-electron chi connectivity index (χ3n) is 6.70. The lowest BCUT2D eigenvalue weighted by atomic mass is 9.90.